The number of allylic oxidation sites excluding steroid dienone is 2. The predicted octanol–water partition coefficient (Wildman–Crippen LogP) is 2.42. The van der Waals surface area contributed by atoms with Crippen molar-refractivity contribution in [2.24, 2.45) is 11.8 Å². The Morgan fingerprint density at radius 1 is 1.30 bits per heavy atom. The van der Waals surface area contributed by atoms with E-state index in [1.165, 1.54) is 5.57 Å². The molecule has 0 amide bonds. The van der Waals surface area contributed by atoms with Crippen molar-refractivity contribution in [3.05, 3.63) is 11.6 Å². The van der Waals surface area contributed by atoms with Crippen molar-refractivity contribution in [2.45, 2.75) is 27.7 Å². The zero-order chi connectivity index (χ0) is 8.15. The van der Waals surface area contributed by atoms with Gasteiger partial charge in [0.1, 0.15) is 6.29 Å². The molecule has 0 saturated carbocycles. The van der Waals surface area contributed by atoms with Crippen LogP contribution in [0.2, 0.25) is 0 Å². The summed E-state index contributed by atoms with van der Waals surface area (Å²) >= 11 is 0. The number of carbonyl (C=O) groups is 1. The van der Waals surface area contributed by atoms with Gasteiger partial charge in [-0.2, -0.15) is 0 Å². The molecule has 1 heteroatoms. The first kappa shape index (κ1) is 9.41. The summed E-state index contributed by atoms with van der Waals surface area (Å²) in [6.45, 7) is 8.46. The van der Waals surface area contributed by atoms with E-state index in [2.05, 4.69) is 20.8 Å². The van der Waals surface area contributed by atoms with Gasteiger partial charge in [0.2, 0.25) is 0 Å². The van der Waals surface area contributed by atoms with E-state index in [0.29, 0.717) is 11.8 Å². The highest BCUT2D eigenvalue weighted by atomic mass is 16.1. The van der Waals surface area contributed by atoms with Crippen molar-refractivity contribution < 1.29 is 4.79 Å². The number of aldehydes is 1. The van der Waals surface area contributed by atoms with E-state index in [-0.39, 0.29) is 0 Å². The Bertz CT molecular complexity index is 134. The molecule has 10 heavy (non-hydrogen) atoms. The minimum Gasteiger partial charge on any atom is -0.299 e. The molecule has 1 nitrogen and oxygen atoms in total. The summed E-state index contributed by atoms with van der Waals surface area (Å²) in [7, 11) is 0. The van der Waals surface area contributed by atoms with Crippen LogP contribution in [-0.4, -0.2) is 6.29 Å². The van der Waals surface area contributed by atoms with E-state index < -0.39 is 0 Å². The first-order chi connectivity index (χ1) is 4.59. The summed E-state index contributed by atoms with van der Waals surface area (Å²) in [6, 6.07) is 0. The van der Waals surface area contributed by atoms with Crippen LogP contribution >= 0.6 is 0 Å². The van der Waals surface area contributed by atoms with Crippen LogP contribution in [0.15, 0.2) is 11.6 Å². The fraction of sp³-hybridized carbons (Fsp3) is 0.667. The Morgan fingerprint density at radius 2 is 1.80 bits per heavy atom. The fourth-order valence-electron chi connectivity index (χ4n) is 0.785. The highest BCUT2D eigenvalue weighted by Crippen LogP contribution is 2.17. The van der Waals surface area contributed by atoms with Gasteiger partial charge in [0.05, 0.1) is 0 Å². The molecule has 0 aliphatic rings. The molecule has 0 radical (unpaired) electrons. The molecule has 0 N–H and O–H groups in total. The third-order valence-electron chi connectivity index (χ3n) is 2.05. The van der Waals surface area contributed by atoms with Gasteiger partial charge in [0, 0.05) is 0 Å². The molecule has 0 aliphatic carbocycles. The number of rotatable bonds is 3. The number of hydrogen-bond donors (Lipinski definition) is 0. The van der Waals surface area contributed by atoms with E-state index in [0.717, 1.165) is 6.29 Å². The maximum Gasteiger partial charge on any atom is 0.142 e. The smallest absolute Gasteiger partial charge is 0.142 e. The molecule has 58 valence electrons. The largest absolute Gasteiger partial charge is 0.299 e. The lowest BCUT2D eigenvalue weighted by Crippen LogP contribution is -2.04. The lowest BCUT2D eigenvalue weighted by atomic mass is 9.91. The van der Waals surface area contributed by atoms with Crippen molar-refractivity contribution in [3.63, 3.8) is 0 Å². The van der Waals surface area contributed by atoms with Crippen molar-refractivity contribution >= 4 is 6.29 Å². The number of hydrogen-bond acceptors (Lipinski definition) is 1. The van der Waals surface area contributed by atoms with Crippen LogP contribution in [0.5, 0.6) is 0 Å². The molecule has 0 fully saturated rings. The van der Waals surface area contributed by atoms with Gasteiger partial charge in [0.15, 0.2) is 0 Å². The second-order valence-corrected chi connectivity index (χ2v) is 3.08. The minimum absolute atomic E-state index is 0.519. The standard InChI is InChI=1S/C9H16O/c1-7(2)9(4)8(3)5-6-10/h5-7,9H,1-4H3/b8-5-. The van der Waals surface area contributed by atoms with E-state index in [1.807, 2.05) is 6.92 Å². The van der Waals surface area contributed by atoms with Gasteiger partial charge in [0.25, 0.3) is 0 Å². The zero-order valence-electron chi connectivity index (χ0n) is 7.22. The summed E-state index contributed by atoms with van der Waals surface area (Å²) in [5.41, 5.74) is 1.17. The monoisotopic (exact) mass is 140 g/mol. The maximum atomic E-state index is 10.1. The lowest BCUT2D eigenvalue weighted by molar-refractivity contribution is -0.104. The molecule has 0 saturated heterocycles. The summed E-state index contributed by atoms with van der Waals surface area (Å²) < 4.78 is 0. The van der Waals surface area contributed by atoms with Gasteiger partial charge in [-0.25, -0.2) is 0 Å². The summed E-state index contributed by atoms with van der Waals surface area (Å²) in [4.78, 5) is 10.1. The van der Waals surface area contributed by atoms with E-state index in [9.17, 15) is 4.79 Å². The molecular weight excluding hydrogens is 124 g/mol. The molecule has 0 rings (SSSR count). The van der Waals surface area contributed by atoms with Gasteiger partial charge >= 0.3 is 0 Å². The number of carbonyl (C=O) groups excluding carboxylic acids is 1. The van der Waals surface area contributed by atoms with Crippen LogP contribution in [0.25, 0.3) is 0 Å². The van der Waals surface area contributed by atoms with Crippen LogP contribution < -0.4 is 0 Å². The third kappa shape index (κ3) is 2.81. The van der Waals surface area contributed by atoms with Crippen LogP contribution in [-0.2, 0) is 4.79 Å². The normalized spacial score (nSPS) is 15.5. The van der Waals surface area contributed by atoms with E-state index >= 15 is 0 Å². The first-order valence-electron chi connectivity index (χ1n) is 3.71. The molecule has 0 aliphatic heterocycles. The molecule has 0 bridgehead atoms. The molecular formula is C9H16O. The molecule has 0 spiro atoms. The summed E-state index contributed by atoms with van der Waals surface area (Å²) in [6.07, 6.45) is 2.50. The predicted molar refractivity (Wildman–Crippen MR) is 43.8 cm³/mol. The average molecular weight is 140 g/mol. The van der Waals surface area contributed by atoms with Crippen LogP contribution in [0.1, 0.15) is 27.7 Å². The Hall–Kier alpha value is -0.590. The highest BCUT2D eigenvalue weighted by molar-refractivity contribution is 5.66. The Morgan fingerprint density at radius 3 is 2.10 bits per heavy atom. The van der Waals surface area contributed by atoms with Gasteiger partial charge in [-0.1, -0.05) is 26.3 Å². The van der Waals surface area contributed by atoms with Crippen molar-refractivity contribution in [1.29, 1.82) is 0 Å². The van der Waals surface area contributed by atoms with Crippen LogP contribution in [0.3, 0.4) is 0 Å². The summed E-state index contributed by atoms with van der Waals surface area (Å²) in [5, 5.41) is 0. The minimum atomic E-state index is 0.519. The molecule has 0 aromatic carbocycles. The van der Waals surface area contributed by atoms with E-state index in [4.69, 9.17) is 0 Å². The average Bonchev–Trinajstić information content (AvgIpc) is 1.87. The third-order valence-corrected chi connectivity index (χ3v) is 2.05. The SMILES string of the molecule is C/C(=C/C=O)C(C)C(C)C. The Balaban J connectivity index is 4.06. The second-order valence-electron chi connectivity index (χ2n) is 3.08. The van der Waals surface area contributed by atoms with Crippen molar-refractivity contribution in [2.75, 3.05) is 0 Å². The Labute approximate surface area is 63.1 Å². The Kier molecular flexibility index (Phi) is 4.01. The molecule has 1 atom stereocenters. The lowest BCUT2D eigenvalue weighted by Gasteiger charge is -2.14. The molecule has 1 unspecified atom stereocenters. The fourth-order valence-corrected chi connectivity index (χ4v) is 0.785. The summed E-state index contributed by atoms with van der Waals surface area (Å²) in [5.74, 6) is 1.14. The topological polar surface area (TPSA) is 17.1 Å². The molecule has 0 aromatic heterocycles. The van der Waals surface area contributed by atoms with E-state index in [1.54, 1.807) is 6.08 Å². The van der Waals surface area contributed by atoms with Crippen molar-refractivity contribution in [1.82, 2.24) is 0 Å². The van der Waals surface area contributed by atoms with Gasteiger partial charge in [-0.3, -0.25) is 4.79 Å². The molecule has 0 heterocycles. The highest BCUT2D eigenvalue weighted by Gasteiger charge is 2.07. The quantitative estimate of drug-likeness (QED) is 0.434. The zero-order valence-corrected chi connectivity index (χ0v) is 7.22. The van der Waals surface area contributed by atoms with Crippen molar-refractivity contribution in [3.8, 4) is 0 Å². The van der Waals surface area contributed by atoms with Crippen LogP contribution in [0.4, 0.5) is 0 Å². The maximum absolute atomic E-state index is 10.1. The first-order valence-corrected chi connectivity index (χ1v) is 3.71. The second kappa shape index (κ2) is 4.26. The van der Waals surface area contributed by atoms with Crippen LogP contribution in [0, 0.1) is 11.8 Å². The van der Waals surface area contributed by atoms with Gasteiger partial charge in [-0.15, -0.1) is 0 Å². The van der Waals surface area contributed by atoms with Gasteiger partial charge in [-0.05, 0) is 24.8 Å². The van der Waals surface area contributed by atoms with Gasteiger partial charge < -0.3 is 0 Å². The molecule has 0 aromatic rings.